The summed E-state index contributed by atoms with van der Waals surface area (Å²) in [4.78, 5) is 7.01. The summed E-state index contributed by atoms with van der Waals surface area (Å²) in [6, 6.07) is 19.2. The molecule has 6 heteroatoms. The molecule has 3 aromatic rings. The molecule has 2 fully saturated rings. The lowest BCUT2D eigenvalue weighted by atomic mass is 9.96. The van der Waals surface area contributed by atoms with Gasteiger partial charge in [0.2, 0.25) is 0 Å². The van der Waals surface area contributed by atoms with Gasteiger partial charge in [-0.1, -0.05) is 36.4 Å². The highest BCUT2D eigenvalue weighted by atomic mass is 32.1. The van der Waals surface area contributed by atoms with Crippen LogP contribution in [-0.2, 0) is 11.3 Å². The van der Waals surface area contributed by atoms with Gasteiger partial charge in [0.1, 0.15) is 0 Å². The average Bonchev–Trinajstić information content (AvgIpc) is 3.51. The van der Waals surface area contributed by atoms with E-state index in [2.05, 4.69) is 76.1 Å². The molecule has 0 aliphatic carbocycles. The molecule has 0 amide bonds. The fourth-order valence-corrected chi connectivity index (χ4v) is 5.40. The van der Waals surface area contributed by atoms with Crippen LogP contribution in [0.25, 0.3) is 0 Å². The summed E-state index contributed by atoms with van der Waals surface area (Å²) < 4.78 is 8.39. The van der Waals surface area contributed by atoms with E-state index in [1.54, 1.807) is 0 Å². The van der Waals surface area contributed by atoms with Gasteiger partial charge in [0, 0.05) is 37.3 Å². The van der Waals surface area contributed by atoms with Gasteiger partial charge in [-0.05, 0) is 68.2 Å². The Morgan fingerprint density at radius 2 is 1.94 bits per heavy atom. The zero-order chi connectivity index (χ0) is 22.1. The van der Waals surface area contributed by atoms with Crippen LogP contribution >= 0.6 is 12.2 Å². The second-order valence-corrected chi connectivity index (χ2v) is 9.20. The number of aryl methyl sites for hydroxylation is 1. The number of nitrogens with one attached hydrogen (secondary N) is 1. The van der Waals surface area contributed by atoms with Crippen molar-refractivity contribution in [1.29, 1.82) is 0 Å². The first kappa shape index (κ1) is 21.2. The van der Waals surface area contributed by atoms with Gasteiger partial charge >= 0.3 is 0 Å². The van der Waals surface area contributed by atoms with Crippen molar-refractivity contribution in [3.8, 4) is 0 Å². The van der Waals surface area contributed by atoms with Crippen molar-refractivity contribution >= 4 is 17.3 Å². The molecule has 1 aromatic carbocycles. The van der Waals surface area contributed by atoms with Crippen LogP contribution in [0.2, 0.25) is 0 Å². The molecule has 2 aromatic heterocycles. The second-order valence-electron chi connectivity index (χ2n) is 8.81. The first-order chi connectivity index (χ1) is 15.6. The topological polar surface area (TPSA) is 42.3 Å². The first-order valence-corrected chi connectivity index (χ1v) is 11.8. The van der Waals surface area contributed by atoms with Crippen LogP contribution in [0.3, 0.4) is 0 Å². The minimum atomic E-state index is 0.00998. The second kappa shape index (κ2) is 9.04. The Morgan fingerprint density at radius 1 is 1.12 bits per heavy atom. The highest BCUT2D eigenvalue weighted by molar-refractivity contribution is 7.80. The SMILES string of the molecule is Cc1cc([C@H]2[C@@H](c3ccccn3)NC(=S)N2C[C@@H]2CCCO2)c(C)n1Cc1ccccc1. The fourth-order valence-electron chi connectivity index (χ4n) is 5.08. The van der Waals surface area contributed by atoms with Crippen LogP contribution in [0.1, 0.15) is 53.1 Å². The third kappa shape index (κ3) is 4.05. The van der Waals surface area contributed by atoms with E-state index in [0.717, 1.165) is 43.3 Å². The van der Waals surface area contributed by atoms with E-state index in [0.29, 0.717) is 0 Å². The van der Waals surface area contributed by atoms with Crippen molar-refractivity contribution in [3.63, 3.8) is 0 Å². The summed E-state index contributed by atoms with van der Waals surface area (Å²) in [5.74, 6) is 0. The van der Waals surface area contributed by atoms with E-state index in [-0.39, 0.29) is 18.2 Å². The Bertz CT molecular complexity index is 1080. The van der Waals surface area contributed by atoms with Crippen LogP contribution in [0, 0.1) is 13.8 Å². The number of rotatable bonds is 6. The largest absolute Gasteiger partial charge is 0.376 e. The molecule has 166 valence electrons. The van der Waals surface area contributed by atoms with Gasteiger partial charge in [-0.3, -0.25) is 4.98 Å². The van der Waals surface area contributed by atoms with Crippen molar-refractivity contribution in [2.24, 2.45) is 0 Å². The highest BCUT2D eigenvalue weighted by Crippen LogP contribution is 2.41. The molecule has 32 heavy (non-hydrogen) atoms. The Labute approximate surface area is 195 Å². The summed E-state index contributed by atoms with van der Waals surface area (Å²) >= 11 is 5.84. The van der Waals surface area contributed by atoms with Crippen LogP contribution in [-0.4, -0.2) is 38.8 Å². The van der Waals surface area contributed by atoms with Crippen molar-refractivity contribution in [2.45, 2.75) is 51.4 Å². The third-order valence-electron chi connectivity index (χ3n) is 6.74. The summed E-state index contributed by atoms with van der Waals surface area (Å²) in [5, 5.41) is 4.36. The zero-order valence-electron chi connectivity index (χ0n) is 18.7. The number of hydrogen-bond acceptors (Lipinski definition) is 3. The molecule has 0 radical (unpaired) electrons. The van der Waals surface area contributed by atoms with Gasteiger partial charge in [-0.2, -0.15) is 0 Å². The molecular weight excluding hydrogens is 416 g/mol. The molecule has 3 atom stereocenters. The van der Waals surface area contributed by atoms with Crippen molar-refractivity contribution < 1.29 is 4.74 Å². The molecule has 5 nitrogen and oxygen atoms in total. The molecule has 1 N–H and O–H groups in total. The molecular formula is C26H30N4OS. The van der Waals surface area contributed by atoms with Gasteiger partial charge in [0.05, 0.1) is 23.9 Å². The quantitative estimate of drug-likeness (QED) is 0.556. The van der Waals surface area contributed by atoms with E-state index in [9.17, 15) is 0 Å². The Balaban J connectivity index is 1.53. The van der Waals surface area contributed by atoms with E-state index >= 15 is 0 Å². The minimum Gasteiger partial charge on any atom is -0.376 e. The van der Waals surface area contributed by atoms with Crippen molar-refractivity contribution in [1.82, 2.24) is 19.8 Å². The zero-order valence-corrected chi connectivity index (χ0v) is 19.5. The lowest BCUT2D eigenvalue weighted by Gasteiger charge is -2.30. The smallest absolute Gasteiger partial charge is 0.170 e. The summed E-state index contributed by atoms with van der Waals surface area (Å²) in [5.41, 5.74) is 6.16. The molecule has 0 saturated carbocycles. The summed E-state index contributed by atoms with van der Waals surface area (Å²) in [6.07, 6.45) is 4.30. The standard InChI is InChI=1S/C26H30N4OS/c1-18-15-22(19(2)29(18)16-20-9-4-3-5-10-20)25-24(23-12-6-7-13-27-23)28-26(32)30(25)17-21-11-8-14-31-21/h3-7,9-10,12-13,15,21,24-25H,8,11,14,16-17H2,1-2H3,(H,28,32)/t21-,24+,25-/m0/s1. The molecule has 0 bridgehead atoms. The maximum Gasteiger partial charge on any atom is 0.170 e. The number of ether oxygens (including phenoxy) is 1. The Hall–Kier alpha value is -2.70. The normalized spacial score (nSPS) is 23.0. The molecule has 0 spiro atoms. The lowest BCUT2D eigenvalue weighted by molar-refractivity contribution is 0.0842. The highest BCUT2D eigenvalue weighted by Gasteiger charge is 2.42. The van der Waals surface area contributed by atoms with Crippen LogP contribution in [0.5, 0.6) is 0 Å². The van der Waals surface area contributed by atoms with Gasteiger partial charge in [0.25, 0.3) is 0 Å². The van der Waals surface area contributed by atoms with Crippen LogP contribution in [0.15, 0.2) is 60.8 Å². The third-order valence-corrected chi connectivity index (χ3v) is 7.09. The molecule has 4 heterocycles. The number of hydrogen-bond donors (Lipinski definition) is 1. The summed E-state index contributed by atoms with van der Waals surface area (Å²) in [6.45, 7) is 6.94. The molecule has 0 unspecified atom stereocenters. The van der Waals surface area contributed by atoms with Gasteiger partial charge < -0.3 is 19.5 Å². The minimum absolute atomic E-state index is 0.00998. The van der Waals surface area contributed by atoms with Gasteiger partial charge in [-0.15, -0.1) is 0 Å². The number of nitrogens with zero attached hydrogens (tertiary/aromatic N) is 3. The summed E-state index contributed by atoms with van der Waals surface area (Å²) in [7, 11) is 0. The predicted molar refractivity (Wildman–Crippen MR) is 131 cm³/mol. The maximum atomic E-state index is 5.98. The molecule has 2 aliphatic heterocycles. The number of thiocarbonyl (C=S) groups is 1. The predicted octanol–water partition coefficient (Wildman–Crippen LogP) is 4.70. The number of benzene rings is 1. The number of aromatic nitrogens is 2. The Kier molecular flexibility index (Phi) is 5.98. The fraction of sp³-hybridized carbons (Fsp3) is 0.385. The van der Waals surface area contributed by atoms with Gasteiger partial charge in [0.15, 0.2) is 5.11 Å². The first-order valence-electron chi connectivity index (χ1n) is 11.4. The van der Waals surface area contributed by atoms with Gasteiger partial charge in [-0.25, -0.2) is 0 Å². The van der Waals surface area contributed by atoms with Crippen LogP contribution < -0.4 is 5.32 Å². The maximum absolute atomic E-state index is 5.98. The molecule has 2 saturated heterocycles. The Morgan fingerprint density at radius 3 is 2.66 bits per heavy atom. The van der Waals surface area contributed by atoms with Crippen LogP contribution in [0.4, 0.5) is 0 Å². The monoisotopic (exact) mass is 446 g/mol. The molecule has 2 aliphatic rings. The van der Waals surface area contributed by atoms with E-state index in [1.807, 2.05) is 18.3 Å². The van der Waals surface area contributed by atoms with E-state index in [4.69, 9.17) is 17.0 Å². The lowest BCUT2D eigenvalue weighted by Crippen LogP contribution is -2.36. The average molecular weight is 447 g/mol. The number of pyridine rings is 1. The van der Waals surface area contributed by atoms with E-state index < -0.39 is 0 Å². The van der Waals surface area contributed by atoms with Crippen molar-refractivity contribution in [2.75, 3.05) is 13.2 Å². The van der Waals surface area contributed by atoms with E-state index in [1.165, 1.54) is 22.5 Å². The molecule has 5 rings (SSSR count). The van der Waals surface area contributed by atoms with Crippen molar-refractivity contribution in [3.05, 3.63) is 89.0 Å².